The summed E-state index contributed by atoms with van der Waals surface area (Å²) < 4.78 is 75.6. The molecule has 0 bridgehead atoms. The number of hydrogen-bond donors (Lipinski definition) is 2. The second-order valence-corrected chi connectivity index (χ2v) is 8.43. The van der Waals surface area contributed by atoms with E-state index in [0.717, 1.165) is 6.07 Å². The monoisotopic (exact) mass is 532 g/mol. The summed E-state index contributed by atoms with van der Waals surface area (Å²) in [4.78, 5) is 25.7. The molecule has 2 aromatic carbocycles. The first-order valence-electron chi connectivity index (χ1n) is 10.6. The highest BCUT2D eigenvalue weighted by Gasteiger charge is 2.39. The number of aliphatic hydroxyl groups excluding tert-OH is 1. The smallest absolute Gasteiger partial charge is 0.425 e. The van der Waals surface area contributed by atoms with Crippen molar-refractivity contribution in [2.45, 2.75) is 44.7 Å². The van der Waals surface area contributed by atoms with Crippen LogP contribution < -0.4 is 15.7 Å². The molecular formula is C22H18ClF5N4O4. The molecule has 1 heterocycles. The predicted molar refractivity (Wildman–Crippen MR) is 117 cm³/mol. The summed E-state index contributed by atoms with van der Waals surface area (Å²) in [6.07, 6.45) is -6.02. The molecule has 0 unspecified atom stereocenters. The highest BCUT2D eigenvalue weighted by molar-refractivity contribution is 6.34. The molecule has 1 saturated carbocycles. The molecule has 0 aliphatic heterocycles. The lowest BCUT2D eigenvalue weighted by atomic mass is 10.1. The topological polar surface area (TPSA) is 98.4 Å². The number of carbonyl (C=O) groups excluding carboxylic acids is 1. The first kappa shape index (κ1) is 25.6. The number of ether oxygens (including phenoxy) is 1. The normalized spacial score (nSPS) is 14.6. The summed E-state index contributed by atoms with van der Waals surface area (Å²) in [7, 11) is 0. The van der Waals surface area contributed by atoms with Crippen LogP contribution in [0.15, 0.2) is 35.1 Å². The average molecular weight is 533 g/mol. The number of aliphatic hydroxyl groups is 1. The fourth-order valence-electron chi connectivity index (χ4n) is 3.42. The first-order chi connectivity index (χ1) is 16.9. The Balaban J connectivity index is 1.82. The van der Waals surface area contributed by atoms with Crippen molar-refractivity contribution in [3.63, 3.8) is 0 Å². The Morgan fingerprint density at radius 2 is 1.97 bits per heavy atom. The minimum absolute atomic E-state index is 0.0657. The molecule has 3 aromatic rings. The molecule has 1 fully saturated rings. The van der Waals surface area contributed by atoms with Gasteiger partial charge in [-0.25, -0.2) is 13.6 Å². The Labute approximate surface area is 204 Å². The quantitative estimate of drug-likeness (QED) is 0.440. The van der Waals surface area contributed by atoms with Gasteiger partial charge in [0, 0.05) is 12.1 Å². The van der Waals surface area contributed by atoms with Crippen molar-refractivity contribution in [1.82, 2.24) is 14.3 Å². The van der Waals surface area contributed by atoms with Gasteiger partial charge in [-0.15, -0.1) is 5.10 Å². The zero-order valence-electron chi connectivity index (χ0n) is 18.4. The van der Waals surface area contributed by atoms with Crippen LogP contribution in [0.2, 0.25) is 5.02 Å². The lowest BCUT2D eigenvalue weighted by molar-refractivity contribution is -0.189. The summed E-state index contributed by atoms with van der Waals surface area (Å²) in [6, 6.07) is 4.51. The Morgan fingerprint density at radius 3 is 2.56 bits per heavy atom. The van der Waals surface area contributed by atoms with Gasteiger partial charge in [0.2, 0.25) is 0 Å². The van der Waals surface area contributed by atoms with Gasteiger partial charge < -0.3 is 15.2 Å². The third-order valence-electron chi connectivity index (χ3n) is 5.42. The van der Waals surface area contributed by atoms with Gasteiger partial charge in [-0.05, 0) is 38.0 Å². The van der Waals surface area contributed by atoms with E-state index in [1.165, 1.54) is 16.7 Å². The van der Waals surface area contributed by atoms with Crippen LogP contribution in [0.3, 0.4) is 0 Å². The van der Waals surface area contributed by atoms with E-state index in [2.05, 4.69) is 10.4 Å². The molecule has 2 N–H and O–H groups in total. The summed E-state index contributed by atoms with van der Waals surface area (Å²) in [5.74, 6) is -4.18. The van der Waals surface area contributed by atoms with Crippen LogP contribution in [0.4, 0.5) is 27.6 Å². The molecule has 1 aliphatic carbocycles. The molecular weight excluding hydrogens is 515 g/mol. The standard InChI is InChI=1S/C22H18ClF5N4O4/c1-10(22(26,27)28)36-17-8-16(32-21(35)31(11-5-6-11)18(9-33)30-32)15(25)7-12(17)20(34)29-19-13(23)3-2-4-14(19)24/h2-4,7-8,10-11,33H,5-6,9H2,1H3,(H,29,34)/t10-/m0/s1. The molecule has 4 rings (SSSR count). The van der Waals surface area contributed by atoms with Crippen molar-refractivity contribution in [1.29, 1.82) is 0 Å². The third kappa shape index (κ3) is 4.93. The van der Waals surface area contributed by atoms with Gasteiger partial charge in [0.05, 0.1) is 16.3 Å². The highest BCUT2D eigenvalue weighted by Crippen LogP contribution is 2.35. The van der Waals surface area contributed by atoms with E-state index >= 15 is 4.39 Å². The molecule has 0 radical (unpaired) electrons. The Morgan fingerprint density at radius 1 is 1.28 bits per heavy atom. The van der Waals surface area contributed by atoms with E-state index in [0.29, 0.717) is 36.6 Å². The number of nitrogens with one attached hydrogen (secondary N) is 1. The van der Waals surface area contributed by atoms with Crippen molar-refractivity contribution in [2.24, 2.45) is 0 Å². The van der Waals surface area contributed by atoms with Crippen LogP contribution in [0.5, 0.6) is 5.75 Å². The lowest BCUT2D eigenvalue weighted by Crippen LogP contribution is -2.32. The average Bonchev–Trinajstić information content (AvgIpc) is 3.59. The number of nitrogens with zero attached hydrogens (tertiary/aromatic N) is 3. The van der Waals surface area contributed by atoms with Gasteiger partial charge in [0.1, 0.15) is 29.7 Å². The minimum atomic E-state index is -4.86. The maximum atomic E-state index is 15.2. The van der Waals surface area contributed by atoms with Gasteiger partial charge in [0.25, 0.3) is 5.91 Å². The Bertz CT molecular complexity index is 1360. The van der Waals surface area contributed by atoms with Crippen LogP contribution in [-0.4, -0.2) is 37.6 Å². The number of halogens is 6. The molecule has 0 saturated heterocycles. The minimum Gasteiger partial charge on any atom is -0.480 e. The second-order valence-electron chi connectivity index (χ2n) is 8.02. The van der Waals surface area contributed by atoms with E-state index in [4.69, 9.17) is 16.3 Å². The second kappa shape index (κ2) is 9.54. The van der Waals surface area contributed by atoms with E-state index in [1.807, 2.05) is 0 Å². The van der Waals surface area contributed by atoms with Crippen LogP contribution >= 0.6 is 11.6 Å². The molecule has 8 nitrogen and oxygen atoms in total. The van der Waals surface area contributed by atoms with Crippen LogP contribution in [-0.2, 0) is 6.61 Å². The summed E-state index contributed by atoms with van der Waals surface area (Å²) in [6.45, 7) is 0.0228. The molecule has 1 aromatic heterocycles. The van der Waals surface area contributed by atoms with Crippen molar-refractivity contribution >= 4 is 23.2 Å². The number of hydrogen-bond acceptors (Lipinski definition) is 5. The zero-order valence-corrected chi connectivity index (χ0v) is 19.2. The number of para-hydroxylation sites is 1. The molecule has 1 aliphatic rings. The lowest BCUT2D eigenvalue weighted by Gasteiger charge is -2.20. The fourth-order valence-corrected chi connectivity index (χ4v) is 3.63. The Hall–Kier alpha value is -3.45. The van der Waals surface area contributed by atoms with Crippen molar-refractivity contribution in [2.75, 3.05) is 5.32 Å². The van der Waals surface area contributed by atoms with Gasteiger partial charge >= 0.3 is 11.9 Å². The fraction of sp³-hybridized carbons (Fsp3) is 0.318. The van der Waals surface area contributed by atoms with Gasteiger partial charge in [-0.3, -0.25) is 9.36 Å². The van der Waals surface area contributed by atoms with Crippen LogP contribution in [0.1, 0.15) is 42.0 Å². The highest BCUT2D eigenvalue weighted by atomic mass is 35.5. The SMILES string of the molecule is C[C@H](Oc1cc(-n2nc(CO)n(C3CC3)c2=O)c(F)cc1C(=O)Nc1c(F)cccc1Cl)C(F)(F)F. The molecule has 1 atom stereocenters. The van der Waals surface area contributed by atoms with Gasteiger partial charge in [-0.2, -0.15) is 17.9 Å². The molecule has 192 valence electrons. The van der Waals surface area contributed by atoms with Gasteiger partial charge in [0.15, 0.2) is 11.9 Å². The van der Waals surface area contributed by atoms with E-state index < -0.39 is 64.8 Å². The van der Waals surface area contributed by atoms with E-state index in [-0.39, 0.29) is 16.9 Å². The number of benzene rings is 2. The van der Waals surface area contributed by atoms with Gasteiger partial charge in [-0.1, -0.05) is 17.7 Å². The Kier molecular flexibility index (Phi) is 6.80. The number of amides is 1. The summed E-state index contributed by atoms with van der Waals surface area (Å²) in [5.41, 5.74) is -2.64. The van der Waals surface area contributed by atoms with E-state index in [9.17, 15) is 32.3 Å². The zero-order chi connectivity index (χ0) is 26.4. The first-order valence-corrected chi connectivity index (χ1v) is 10.9. The molecule has 0 spiro atoms. The number of aromatic nitrogens is 3. The maximum Gasteiger partial charge on any atom is 0.425 e. The molecule has 1 amide bonds. The van der Waals surface area contributed by atoms with Crippen molar-refractivity contribution in [3.8, 4) is 11.4 Å². The summed E-state index contributed by atoms with van der Waals surface area (Å²) >= 11 is 5.88. The molecule has 14 heteroatoms. The number of alkyl halides is 3. The van der Waals surface area contributed by atoms with Crippen LogP contribution in [0.25, 0.3) is 5.69 Å². The van der Waals surface area contributed by atoms with E-state index in [1.54, 1.807) is 0 Å². The largest absolute Gasteiger partial charge is 0.480 e. The number of anilines is 1. The van der Waals surface area contributed by atoms with Crippen molar-refractivity contribution < 1.29 is 36.6 Å². The molecule has 36 heavy (non-hydrogen) atoms. The maximum absolute atomic E-state index is 15.2. The third-order valence-corrected chi connectivity index (χ3v) is 5.74. The van der Waals surface area contributed by atoms with Crippen LogP contribution in [0, 0.1) is 11.6 Å². The number of carbonyl (C=O) groups is 1. The number of rotatable bonds is 7. The predicted octanol–water partition coefficient (Wildman–Crippen LogP) is 4.37. The summed E-state index contributed by atoms with van der Waals surface area (Å²) in [5, 5.41) is 15.3. The van der Waals surface area contributed by atoms with Crippen molar-refractivity contribution in [3.05, 3.63) is 68.9 Å².